The number of hydrogen-bond donors (Lipinski definition) is 3. The van der Waals surface area contributed by atoms with Gasteiger partial charge in [-0.15, -0.1) is 0 Å². The van der Waals surface area contributed by atoms with Crippen LogP contribution in [-0.4, -0.2) is 29.3 Å². The number of carbonyl (C=O) groups is 2. The van der Waals surface area contributed by atoms with Crippen molar-refractivity contribution in [2.24, 2.45) is 11.1 Å². The number of rotatable bonds is 4. The summed E-state index contributed by atoms with van der Waals surface area (Å²) in [6.45, 7) is 2.83. The Balaban J connectivity index is 3.43. The van der Waals surface area contributed by atoms with E-state index >= 15 is 0 Å². The van der Waals surface area contributed by atoms with Gasteiger partial charge in [0.1, 0.15) is 17.1 Å². The van der Waals surface area contributed by atoms with Crippen molar-refractivity contribution in [3.05, 3.63) is 29.1 Å². The van der Waals surface area contributed by atoms with Crippen molar-refractivity contribution in [2.75, 3.05) is 7.11 Å². The predicted molar refractivity (Wildman–Crippen MR) is 67.7 cm³/mol. The first-order valence-electron chi connectivity index (χ1n) is 5.73. The lowest BCUT2D eigenvalue weighted by molar-refractivity contribution is -0.152. The van der Waals surface area contributed by atoms with Crippen LogP contribution in [0, 0.1) is 11.2 Å². The van der Waals surface area contributed by atoms with Crippen molar-refractivity contribution in [3.63, 3.8) is 0 Å². The highest BCUT2D eigenvalue weighted by Crippen LogP contribution is 2.39. The molecule has 6 nitrogen and oxygen atoms in total. The Labute approximate surface area is 115 Å². The molecule has 0 spiro atoms. The van der Waals surface area contributed by atoms with Gasteiger partial charge in [-0.2, -0.15) is 0 Å². The smallest absolute Gasteiger partial charge is 0.339 e. The van der Waals surface area contributed by atoms with Gasteiger partial charge in [0.15, 0.2) is 0 Å². The topological polar surface area (TPSA) is 110 Å². The minimum Gasteiger partial charge on any atom is -0.507 e. The number of aromatic carboxylic acids is 1. The van der Waals surface area contributed by atoms with Gasteiger partial charge in [0, 0.05) is 5.56 Å². The first-order valence-corrected chi connectivity index (χ1v) is 5.73. The Morgan fingerprint density at radius 3 is 2.40 bits per heavy atom. The van der Waals surface area contributed by atoms with E-state index in [9.17, 15) is 19.1 Å². The fourth-order valence-electron chi connectivity index (χ4n) is 1.80. The summed E-state index contributed by atoms with van der Waals surface area (Å²) in [7, 11) is 1.15. The summed E-state index contributed by atoms with van der Waals surface area (Å²) in [6, 6.07) is 0.536. The standard InChI is InChI=1S/C13H16FNO5/c1-13(2,12(19)20-3)10(15)8-7(14)5-4-6(9(8)16)11(17)18/h4-5,10,16H,15H2,1-3H3,(H,17,18)/t10-/m1/s1. The molecule has 4 N–H and O–H groups in total. The summed E-state index contributed by atoms with van der Waals surface area (Å²) in [4.78, 5) is 22.6. The predicted octanol–water partition coefficient (Wildman–Crippen LogP) is 1.43. The molecule has 0 unspecified atom stereocenters. The van der Waals surface area contributed by atoms with Gasteiger partial charge in [-0.1, -0.05) is 0 Å². The molecule has 110 valence electrons. The summed E-state index contributed by atoms with van der Waals surface area (Å²) in [6.07, 6.45) is 0. The Hall–Kier alpha value is -2.15. The van der Waals surface area contributed by atoms with Crippen molar-refractivity contribution >= 4 is 11.9 Å². The number of ether oxygens (including phenoxy) is 1. The van der Waals surface area contributed by atoms with Gasteiger partial charge in [0.2, 0.25) is 0 Å². The second kappa shape index (κ2) is 5.46. The third-order valence-electron chi connectivity index (χ3n) is 3.19. The van der Waals surface area contributed by atoms with E-state index in [1.165, 1.54) is 13.8 Å². The maximum atomic E-state index is 13.9. The molecule has 0 amide bonds. The van der Waals surface area contributed by atoms with Crippen molar-refractivity contribution in [1.29, 1.82) is 0 Å². The zero-order valence-corrected chi connectivity index (χ0v) is 11.3. The normalized spacial score (nSPS) is 12.8. The highest BCUT2D eigenvalue weighted by molar-refractivity contribution is 5.91. The van der Waals surface area contributed by atoms with Crippen LogP contribution in [0.1, 0.15) is 35.8 Å². The zero-order valence-electron chi connectivity index (χ0n) is 11.3. The molecule has 0 fully saturated rings. The van der Waals surface area contributed by atoms with E-state index in [-0.39, 0.29) is 0 Å². The van der Waals surface area contributed by atoms with Gasteiger partial charge >= 0.3 is 11.9 Å². The number of phenols is 1. The highest BCUT2D eigenvalue weighted by atomic mass is 19.1. The van der Waals surface area contributed by atoms with E-state index in [0.717, 1.165) is 19.2 Å². The molecule has 0 heterocycles. The molecule has 0 saturated heterocycles. The average Bonchev–Trinajstić information content (AvgIpc) is 2.36. The highest BCUT2D eigenvalue weighted by Gasteiger charge is 2.40. The molecular formula is C13H16FNO5. The number of halogens is 1. The minimum atomic E-state index is -1.42. The van der Waals surface area contributed by atoms with E-state index in [4.69, 9.17) is 10.8 Å². The van der Waals surface area contributed by atoms with Crippen LogP contribution in [0.5, 0.6) is 5.75 Å². The molecule has 7 heteroatoms. The largest absolute Gasteiger partial charge is 0.507 e. The number of aromatic hydroxyl groups is 1. The third kappa shape index (κ3) is 2.57. The van der Waals surface area contributed by atoms with Crippen LogP contribution in [0.25, 0.3) is 0 Å². The van der Waals surface area contributed by atoms with Crippen LogP contribution in [0.2, 0.25) is 0 Å². The molecule has 1 aromatic rings. The molecule has 0 aliphatic carbocycles. The molecule has 0 aliphatic rings. The molecule has 1 rings (SSSR count). The SMILES string of the molecule is COC(=O)C(C)(C)[C@H](N)c1c(F)ccc(C(=O)O)c1O. The quantitative estimate of drug-likeness (QED) is 0.722. The van der Waals surface area contributed by atoms with Crippen LogP contribution >= 0.6 is 0 Å². The fraction of sp³-hybridized carbons (Fsp3) is 0.385. The first kappa shape index (κ1) is 15.9. The number of benzene rings is 1. The monoisotopic (exact) mass is 285 g/mol. The number of carbonyl (C=O) groups excluding carboxylic acids is 1. The Kier molecular flexibility index (Phi) is 4.34. The van der Waals surface area contributed by atoms with Crippen LogP contribution in [0.4, 0.5) is 4.39 Å². The molecule has 0 aliphatic heterocycles. The second-order valence-corrected chi connectivity index (χ2v) is 4.85. The molecule has 0 radical (unpaired) electrons. The summed E-state index contributed by atoms with van der Waals surface area (Å²) >= 11 is 0. The van der Waals surface area contributed by atoms with Gasteiger partial charge in [-0.25, -0.2) is 9.18 Å². The molecule has 1 atom stereocenters. The number of carboxylic acids is 1. The van der Waals surface area contributed by atoms with Crippen molar-refractivity contribution < 1.29 is 28.9 Å². The lowest BCUT2D eigenvalue weighted by Crippen LogP contribution is -2.38. The summed E-state index contributed by atoms with van der Waals surface area (Å²) in [5.74, 6) is -3.81. The van der Waals surface area contributed by atoms with Gasteiger partial charge < -0.3 is 20.7 Å². The van der Waals surface area contributed by atoms with E-state index in [2.05, 4.69) is 4.74 Å². The van der Waals surface area contributed by atoms with Crippen LogP contribution in [-0.2, 0) is 9.53 Å². The Bertz CT molecular complexity index is 556. The number of methoxy groups -OCH3 is 1. The molecule has 0 saturated carbocycles. The number of nitrogens with two attached hydrogens (primary N) is 1. The van der Waals surface area contributed by atoms with Gasteiger partial charge in [0.25, 0.3) is 0 Å². The van der Waals surface area contributed by atoms with Crippen LogP contribution in [0.15, 0.2) is 12.1 Å². The average molecular weight is 285 g/mol. The van der Waals surface area contributed by atoms with Gasteiger partial charge in [-0.3, -0.25) is 4.79 Å². The summed E-state index contributed by atoms with van der Waals surface area (Å²) in [5.41, 5.74) is 3.56. The molecule has 0 bridgehead atoms. The van der Waals surface area contributed by atoms with Crippen LogP contribution < -0.4 is 5.73 Å². The Morgan fingerprint density at radius 2 is 1.95 bits per heavy atom. The van der Waals surface area contributed by atoms with Gasteiger partial charge in [-0.05, 0) is 26.0 Å². The lowest BCUT2D eigenvalue weighted by Gasteiger charge is -2.29. The number of carboxylic acid groups (broad SMARTS) is 1. The maximum absolute atomic E-state index is 13.9. The van der Waals surface area contributed by atoms with Crippen molar-refractivity contribution in [1.82, 2.24) is 0 Å². The number of hydrogen-bond acceptors (Lipinski definition) is 5. The van der Waals surface area contributed by atoms with E-state index in [1.807, 2.05) is 0 Å². The maximum Gasteiger partial charge on any atom is 0.339 e. The molecule has 0 aromatic heterocycles. The second-order valence-electron chi connectivity index (χ2n) is 4.85. The number of esters is 1. The van der Waals surface area contributed by atoms with E-state index < -0.39 is 46.1 Å². The fourth-order valence-corrected chi connectivity index (χ4v) is 1.80. The lowest BCUT2D eigenvalue weighted by atomic mass is 9.80. The van der Waals surface area contributed by atoms with E-state index in [1.54, 1.807) is 0 Å². The van der Waals surface area contributed by atoms with Crippen molar-refractivity contribution in [2.45, 2.75) is 19.9 Å². The van der Waals surface area contributed by atoms with Gasteiger partial charge in [0.05, 0.1) is 18.6 Å². The van der Waals surface area contributed by atoms with Crippen LogP contribution in [0.3, 0.4) is 0 Å². The molecule has 20 heavy (non-hydrogen) atoms. The zero-order chi connectivity index (χ0) is 15.7. The minimum absolute atomic E-state index is 0.430. The summed E-state index contributed by atoms with van der Waals surface area (Å²) < 4.78 is 18.4. The molecule has 1 aromatic carbocycles. The van der Waals surface area contributed by atoms with E-state index in [0.29, 0.717) is 0 Å². The first-order chi connectivity index (χ1) is 9.14. The third-order valence-corrected chi connectivity index (χ3v) is 3.19. The Morgan fingerprint density at radius 1 is 1.40 bits per heavy atom. The molecular weight excluding hydrogens is 269 g/mol. The van der Waals surface area contributed by atoms with Crippen molar-refractivity contribution in [3.8, 4) is 5.75 Å². The summed E-state index contributed by atoms with van der Waals surface area (Å²) in [5, 5.41) is 18.8.